The van der Waals surface area contributed by atoms with Gasteiger partial charge >= 0.3 is 6.18 Å². The van der Waals surface area contributed by atoms with Crippen LogP contribution in [-0.2, 0) is 17.3 Å². The lowest BCUT2D eigenvalue weighted by Crippen LogP contribution is -2.38. The van der Waals surface area contributed by atoms with Crippen molar-refractivity contribution < 1.29 is 27.8 Å². The Morgan fingerprint density at radius 3 is 2.53 bits per heavy atom. The van der Waals surface area contributed by atoms with Crippen molar-refractivity contribution in [2.75, 3.05) is 46.0 Å². The Bertz CT molecular complexity index is 824. The number of aliphatic hydroxyl groups is 1. The monoisotopic (exact) mass is 452 g/mol. The Balaban J connectivity index is 1.40. The molecule has 0 aliphatic carbocycles. The summed E-state index contributed by atoms with van der Waals surface area (Å²) in [6.07, 6.45) is -4.71. The number of alkyl halides is 3. The highest BCUT2D eigenvalue weighted by Gasteiger charge is 2.30. The molecule has 8 heteroatoms. The average molecular weight is 453 g/mol. The fourth-order valence-corrected chi connectivity index (χ4v) is 3.62. The van der Waals surface area contributed by atoms with Crippen LogP contribution in [0.1, 0.15) is 29.7 Å². The molecule has 1 fully saturated rings. The summed E-state index contributed by atoms with van der Waals surface area (Å²) in [6, 6.07) is 12.8. The zero-order valence-electron chi connectivity index (χ0n) is 18.3. The van der Waals surface area contributed by atoms with E-state index in [0.29, 0.717) is 6.61 Å². The standard InChI is InChI=1S/C24H31F3N2O3/c1-18(28-17-23(30)20-3-2-4-21(16-20)24(25,26)27)15-19-5-7-22(8-6-19)32-14-11-29-9-12-31-13-10-29/h2-8,16,18,23,28,30H,9-15,17H2,1H3. The third-order valence-corrected chi connectivity index (χ3v) is 5.50. The Kier molecular flexibility index (Phi) is 8.92. The van der Waals surface area contributed by atoms with Gasteiger partial charge in [-0.2, -0.15) is 13.2 Å². The van der Waals surface area contributed by atoms with Crippen molar-refractivity contribution in [3.8, 4) is 5.75 Å². The van der Waals surface area contributed by atoms with E-state index < -0.39 is 17.8 Å². The van der Waals surface area contributed by atoms with E-state index in [-0.39, 0.29) is 18.2 Å². The Hall–Kier alpha value is -2.13. The van der Waals surface area contributed by atoms with Crippen LogP contribution in [0.3, 0.4) is 0 Å². The smallest absolute Gasteiger partial charge is 0.416 e. The molecule has 2 atom stereocenters. The molecule has 0 aromatic heterocycles. The maximum atomic E-state index is 12.9. The molecule has 0 amide bonds. The molecule has 5 nitrogen and oxygen atoms in total. The molecule has 2 aromatic carbocycles. The van der Waals surface area contributed by atoms with E-state index in [4.69, 9.17) is 9.47 Å². The number of halogens is 3. The summed E-state index contributed by atoms with van der Waals surface area (Å²) in [7, 11) is 0. The molecule has 3 rings (SSSR count). The first-order valence-electron chi connectivity index (χ1n) is 10.9. The third kappa shape index (κ3) is 7.78. The van der Waals surface area contributed by atoms with Gasteiger partial charge in [-0.15, -0.1) is 0 Å². The molecule has 1 aliphatic rings. The molecule has 2 aromatic rings. The van der Waals surface area contributed by atoms with Crippen molar-refractivity contribution in [2.24, 2.45) is 0 Å². The van der Waals surface area contributed by atoms with E-state index in [9.17, 15) is 18.3 Å². The van der Waals surface area contributed by atoms with Gasteiger partial charge in [0.05, 0.1) is 24.9 Å². The second-order valence-electron chi connectivity index (χ2n) is 8.10. The van der Waals surface area contributed by atoms with Crippen molar-refractivity contribution in [1.29, 1.82) is 0 Å². The maximum Gasteiger partial charge on any atom is 0.416 e. The average Bonchev–Trinajstić information content (AvgIpc) is 2.79. The van der Waals surface area contributed by atoms with E-state index >= 15 is 0 Å². The minimum Gasteiger partial charge on any atom is -0.492 e. The molecular formula is C24H31F3N2O3. The van der Waals surface area contributed by atoms with Crippen molar-refractivity contribution in [3.05, 3.63) is 65.2 Å². The summed E-state index contributed by atoms with van der Waals surface area (Å²) in [5, 5.41) is 13.5. The second kappa shape index (κ2) is 11.7. The van der Waals surface area contributed by atoms with E-state index in [1.807, 2.05) is 31.2 Å². The van der Waals surface area contributed by atoms with Gasteiger partial charge in [0, 0.05) is 32.2 Å². The lowest BCUT2D eigenvalue weighted by Gasteiger charge is -2.26. The number of hydrogen-bond donors (Lipinski definition) is 2. The fourth-order valence-electron chi connectivity index (χ4n) is 3.62. The van der Waals surface area contributed by atoms with Crippen molar-refractivity contribution in [2.45, 2.75) is 31.7 Å². The number of aliphatic hydroxyl groups excluding tert-OH is 1. The normalized spacial score (nSPS) is 17.2. The summed E-state index contributed by atoms with van der Waals surface area (Å²) in [5.41, 5.74) is 0.603. The van der Waals surface area contributed by atoms with Crippen LogP contribution in [0.5, 0.6) is 5.75 Å². The minimum atomic E-state index is -4.42. The minimum absolute atomic E-state index is 0.0449. The number of ether oxygens (including phenoxy) is 2. The van der Waals surface area contributed by atoms with Crippen LogP contribution < -0.4 is 10.1 Å². The van der Waals surface area contributed by atoms with E-state index in [2.05, 4.69) is 10.2 Å². The van der Waals surface area contributed by atoms with Crippen LogP contribution in [0.15, 0.2) is 48.5 Å². The van der Waals surface area contributed by atoms with Crippen LogP contribution in [0.2, 0.25) is 0 Å². The van der Waals surface area contributed by atoms with Gasteiger partial charge in [0.1, 0.15) is 12.4 Å². The zero-order chi connectivity index (χ0) is 23.0. The first-order valence-corrected chi connectivity index (χ1v) is 10.9. The van der Waals surface area contributed by atoms with Crippen LogP contribution in [-0.4, -0.2) is 62.0 Å². The molecule has 0 saturated carbocycles. The Morgan fingerprint density at radius 1 is 1.12 bits per heavy atom. The van der Waals surface area contributed by atoms with Crippen LogP contribution >= 0.6 is 0 Å². The van der Waals surface area contributed by atoms with Gasteiger partial charge in [0.2, 0.25) is 0 Å². The lowest BCUT2D eigenvalue weighted by atomic mass is 10.0. The molecule has 1 heterocycles. The van der Waals surface area contributed by atoms with E-state index in [1.165, 1.54) is 12.1 Å². The van der Waals surface area contributed by atoms with E-state index in [0.717, 1.165) is 62.7 Å². The molecule has 0 bridgehead atoms. The maximum absolute atomic E-state index is 12.9. The van der Waals surface area contributed by atoms with Gasteiger partial charge in [-0.25, -0.2) is 0 Å². The number of nitrogens with one attached hydrogen (secondary N) is 1. The highest BCUT2D eigenvalue weighted by Crippen LogP contribution is 2.30. The quantitative estimate of drug-likeness (QED) is 0.576. The predicted octanol–water partition coefficient (Wildman–Crippen LogP) is 3.67. The molecule has 2 N–H and O–H groups in total. The van der Waals surface area contributed by atoms with E-state index in [1.54, 1.807) is 0 Å². The van der Waals surface area contributed by atoms with Crippen molar-refractivity contribution in [1.82, 2.24) is 10.2 Å². The Morgan fingerprint density at radius 2 is 1.84 bits per heavy atom. The van der Waals surface area contributed by atoms with Gasteiger partial charge in [0.25, 0.3) is 0 Å². The van der Waals surface area contributed by atoms with Gasteiger partial charge in [-0.1, -0.05) is 24.3 Å². The SMILES string of the molecule is CC(Cc1ccc(OCCN2CCOCC2)cc1)NCC(O)c1cccc(C(F)(F)F)c1. The topological polar surface area (TPSA) is 54.0 Å². The number of hydrogen-bond acceptors (Lipinski definition) is 5. The van der Waals surface area contributed by atoms with Gasteiger partial charge in [0.15, 0.2) is 0 Å². The second-order valence-corrected chi connectivity index (χ2v) is 8.10. The molecule has 176 valence electrons. The molecule has 1 aliphatic heterocycles. The molecule has 0 spiro atoms. The number of benzene rings is 2. The van der Waals surface area contributed by atoms with Crippen LogP contribution in [0, 0.1) is 0 Å². The number of rotatable bonds is 10. The molecule has 1 saturated heterocycles. The highest BCUT2D eigenvalue weighted by atomic mass is 19.4. The van der Waals surface area contributed by atoms with Crippen molar-refractivity contribution in [3.63, 3.8) is 0 Å². The van der Waals surface area contributed by atoms with Crippen LogP contribution in [0.25, 0.3) is 0 Å². The first kappa shape index (κ1) is 24.5. The van der Waals surface area contributed by atoms with Gasteiger partial charge in [-0.3, -0.25) is 4.90 Å². The third-order valence-electron chi connectivity index (χ3n) is 5.50. The summed E-state index contributed by atoms with van der Waals surface area (Å²) in [5.74, 6) is 0.822. The van der Waals surface area contributed by atoms with Gasteiger partial charge in [-0.05, 0) is 48.7 Å². The Labute approximate surface area is 187 Å². The highest BCUT2D eigenvalue weighted by molar-refractivity contribution is 5.28. The van der Waals surface area contributed by atoms with Crippen molar-refractivity contribution >= 4 is 0 Å². The predicted molar refractivity (Wildman–Crippen MR) is 117 cm³/mol. The summed E-state index contributed by atoms with van der Waals surface area (Å²) in [6.45, 7) is 7.09. The molecule has 32 heavy (non-hydrogen) atoms. The molecular weight excluding hydrogens is 421 g/mol. The lowest BCUT2D eigenvalue weighted by molar-refractivity contribution is -0.137. The summed E-state index contributed by atoms with van der Waals surface area (Å²) >= 11 is 0. The first-order chi connectivity index (χ1) is 15.3. The zero-order valence-corrected chi connectivity index (χ0v) is 18.3. The fraction of sp³-hybridized carbons (Fsp3) is 0.500. The number of nitrogens with zero attached hydrogens (tertiary/aromatic N) is 1. The van der Waals surface area contributed by atoms with Gasteiger partial charge < -0.3 is 19.9 Å². The summed E-state index contributed by atoms with van der Waals surface area (Å²) in [4.78, 5) is 2.32. The van der Waals surface area contributed by atoms with Crippen LogP contribution in [0.4, 0.5) is 13.2 Å². The molecule has 2 unspecified atom stereocenters. The largest absolute Gasteiger partial charge is 0.492 e. The molecule has 0 radical (unpaired) electrons. The number of morpholine rings is 1. The summed E-state index contributed by atoms with van der Waals surface area (Å²) < 4.78 is 49.7.